The summed E-state index contributed by atoms with van der Waals surface area (Å²) in [5.74, 6) is 1.04. The summed E-state index contributed by atoms with van der Waals surface area (Å²) in [5, 5.41) is 15.2. The van der Waals surface area contributed by atoms with Gasteiger partial charge < -0.3 is 10.4 Å². The van der Waals surface area contributed by atoms with Crippen LogP contribution in [-0.2, 0) is 0 Å². The highest BCUT2D eigenvalue weighted by Crippen LogP contribution is 2.29. The quantitative estimate of drug-likeness (QED) is 0.830. The van der Waals surface area contributed by atoms with Gasteiger partial charge >= 0.3 is 0 Å². The number of fused-ring (bicyclic) bond motifs is 1. The van der Waals surface area contributed by atoms with Crippen molar-refractivity contribution >= 4 is 16.5 Å². The lowest BCUT2D eigenvalue weighted by molar-refractivity contribution is 0.481. The molecule has 0 heterocycles. The van der Waals surface area contributed by atoms with E-state index in [1.54, 1.807) is 6.07 Å². The van der Waals surface area contributed by atoms with Crippen molar-refractivity contribution in [1.82, 2.24) is 0 Å². The van der Waals surface area contributed by atoms with Crippen molar-refractivity contribution in [1.29, 1.82) is 0 Å². The van der Waals surface area contributed by atoms with Crippen molar-refractivity contribution in [3.63, 3.8) is 0 Å². The molecule has 0 spiro atoms. The van der Waals surface area contributed by atoms with Crippen LogP contribution in [-0.4, -0.2) is 11.7 Å². The smallest absolute Gasteiger partial charge is 0.123 e. The first kappa shape index (κ1) is 11.8. The summed E-state index contributed by atoms with van der Waals surface area (Å²) in [6.07, 6.45) is 1.15. The molecule has 17 heavy (non-hydrogen) atoms. The van der Waals surface area contributed by atoms with E-state index in [-0.39, 0.29) is 0 Å². The van der Waals surface area contributed by atoms with Crippen LogP contribution in [0.2, 0.25) is 0 Å². The molecule has 2 heteroatoms. The highest BCUT2D eigenvalue weighted by molar-refractivity contribution is 5.97. The first-order valence-corrected chi connectivity index (χ1v) is 6.13. The van der Waals surface area contributed by atoms with Crippen molar-refractivity contribution in [3.8, 4) is 5.75 Å². The van der Waals surface area contributed by atoms with E-state index in [1.165, 1.54) is 0 Å². The van der Waals surface area contributed by atoms with Crippen LogP contribution in [0.25, 0.3) is 10.8 Å². The monoisotopic (exact) mass is 229 g/mol. The second-order valence-corrected chi connectivity index (χ2v) is 4.79. The number of anilines is 1. The number of hydrogen-bond donors (Lipinski definition) is 2. The van der Waals surface area contributed by atoms with Gasteiger partial charge in [-0.05, 0) is 24.5 Å². The van der Waals surface area contributed by atoms with Crippen LogP contribution >= 0.6 is 0 Å². The number of hydrogen-bond acceptors (Lipinski definition) is 2. The minimum absolute atomic E-state index is 0.343. The molecule has 0 aliphatic rings. The van der Waals surface area contributed by atoms with Crippen LogP contribution in [0.1, 0.15) is 20.3 Å². The number of rotatable bonds is 4. The standard InChI is InChI=1S/C15H19NO/c1-11(2)9-10-16-14-7-3-6-13-12(14)5-4-8-15(13)17/h3-8,11,16-17H,9-10H2,1-2H3. The summed E-state index contributed by atoms with van der Waals surface area (Å²) in [5.41, 5.74) is 1.10. The first-order valence-electron chi connectivity index (χ1n) is 6.13. The molecule has 2 nitrogen and oxygen atoms in total. The van der Waals surface area contributed by atoms with Gasteiger partial charge in [0.05, 0.1) is 0 Å². The molecule has 0 aliphatic heterocycles. The molecular weight excluding hydrogens is 210 g/mol. The van der Waals surface area contributed by atoms with Gasteiger partial charge in [0.1, 0.15) is 5.75 Å². The molecule has 0 fully saturated rings. The third kappa shape index (κ3) is 2.70. The minimum Gasteiger partial charge on any atom is -0.507 e. The molecule has 0 amide bonds. The maximum Gasteiger partial charge on any atom is 0.123 e. The van der Waals surface area contributed by atoms with E-state index >= 15 is 0 Å². The summed E-state index contributed by atoms with van der Waals surface area (Å²) >= 11 is 0. The molecule has 0 radical (unpaired) electrons. The lowest BCUT2D eigenvalue weighted by Gasteiger charge is -2.11. The number of benzene rings is 2. The normalized spacial score (nSPS) is 11.0. The Bertz CT molecular complexity index is 505. The first-order chi connectivity index (χ1) is 8.18. The molecule has 0 unspecified atom stereocenters. The molecule has 2 aromatic carbocycles. The van der Waals surface area contributed by atoms with Crippen molar-refractivity contribution in [2.75, 3.05) is 11.9 Å². The topological polar surface area (TPSA) is 32.3 Å². The van der Waals surface area contributed by atoms with Crippen molar-refractivity contribution in [2.45, 2.75) is 20.3 Å². The second-order valence-electron chi connectivity index (χ2n) is 4.79. The average Bonchev–Trinajstić information content (AvgIpc) is 2.30. The molecule has 0 aliphatic carbocycles. The Kier molecular flexibility index (Phi) is 3.52. The van der Waals surface area contributed by atoms with Gasteiger partial charge in [-0.25, -0.2) is 0 Å². The Hall–Kier alpha value is -1.70. The van der Waals surface area contributed by atoms with Gasteiger partial charge in [-0.3, -0.25) is 0 Å². The van der Waals surface area contributed by atoms with Gasteiger partial charge in [-0.2, -0.15) is 0 Å². The van der Waals surface area contributed by atoms with Crippen molar-refractivity contribution in [2.24, 2.45) is 5.92 Å². The molecular formula is C15H19NO. The van der Waals surface area contributed by atoms with Crippen LogP contribution in [0, 0.1) is 5.92 Å². The zero-order valence-corrected chi connectivity index (χ0v) is 10.4. The SMILES string of the molecule is CC(C)CCNc1cccc2c(O)cccc12. The fraction of sp³-hybridized carbons (Fsp3) is 0.333. The highest BCUT2D eigenvalue weighted by atomic mass is 16.3. The van der Waals surface area contributed by atoms with Gasteiger partial charge in [0.2, 0.25) is 0 Å². The zero-order chi connectivity index (χ0) is 12.3. The summed E-state index contributed by atoms with van der Waals surface area (Å²) < 4.78 is 0. The van der Waals surface area contributed by atoms with Gasteiger partial charge in [-0.15, -0.1) is 0 Å². The molecule has 2 aromatic rings. The van der Waals surface area contributed by atoms with E-state index < -0.39 is 0 Å². The van der Waals surface area contributed by atoms with Crippen molar-refractivity contribution in [3.05, 3.63) is 36.4 Å². The maximum atomic E-state index is 9.78. The third-order valence-corrected chi connectivity index (χ3v) is 2.94. The Morgan fingerprint density at radius 3 is 2.53 bits per heavy atom. The molecule has 0 saturated heterocycles. The van der Waals surface area contributed by atoms with Gasteiger partial charge in [0, 0.05) is 23.0 Å². The molecule has 0 aromatic heterocycles. The predicted molar refractivity (Wildman–Crippen MR) is 73.6 cm³/mol. The average molecular weight is 229 g/mol. The van der Waals surface area contributed by atoms with Crippen molar-refractivity contribution < 1.29 is 5.11 Å². The van der Waals surface area contributed by atoms with E-state index in [2.05, 4.69) is 25.2 Å². The molecule has 2 rings (SSSR count). The third-order valence-electron chi connectivity index (χ3n) is 2.94. The summed E-state index contributed by atoms with van der Waals surface area (Å²) in [7, 11) is 0. The van der Waals surface area contributed by atoms with E-state index in [0.717, 1.165) is 29.4 Å². The molecule has 0 saturated carbocycles. The number of aromatic hydroxyl groups is 1. The summed E-state index contributed by atoms with van der Waals surface area (Å²) in [6.45, 7) is 5.40. The number of nitrogens with one attached hydrogen (secondary N) is 1. The van der Waals surface area contributed by atoms with Crippen LogP contribution < -0.4 is 5.32 Å². The van der Waals surface area contributed by atoms with E-state index in [9.17, 15) is 5.11 Å². The number of phenolic OH excluding ortho intramolecular Hbond substituents is 1. The fourth-order valence-electron chi connectivity index (χ4n) is 1.94. The number of phenols is 1. The predicted octanol–water partition coefficient (Wildman–Crippen LogP) is 4.00. The zero-order valence-electron chi connectivity index (χ0n) is 10.4. The highest BCUT2D eigenvalue weighted by Gasteiger charge is 2.03. The van der Waals surface area contributed by atoms with Crippen LogP contribution in [0.4, 0.5) is 5.69 Å². The second kappa shape index (κ2) is 5.09. The summed E-state index contributed by atoms with van der Waals surface area (Å²) in [6, 6.07) is 11.6. The van der Waals surface area contributed by atoms with Gasteiger partial charge in [0.25, 0.3) is 0 Å². The Balaban J connectivity index is 2.25. The maximum absolute atomic E-state index is 9.78. The minimum atomic E-state index is 0.343. The summed E-state index contributed by atoms with van der Waals surface area (Å²) in [4.78, 5) is 0. The Labute approximate surface area is 102 Å². The molecule has 2 N–H and O–H groups in total. The van der Waals surface area contributed by atoms with Crippen LogP contribution in [0.15, 0.2) is 36.4 Å². The van der Waals surface area contributed by atoms with E-state index in [0.29, 0.717) is 11.7 Å². The lowest BCUT2D eigenvalue weighted by Crippen LogP contribution is -2.04. The van der Waals surface area contributed by atoms with Crippen LogP contribution in [0.5, 0.6) is 5.75 Å². The fourth-order valence-corrected chi connectivity index (χ4v) is 1.94. The molecule has 0 atom stereocenters. The van der Waals surface area contributed by atoms with E-state index in [4.69, 9.17) is 0 Å². The van der Waals surface area contributed by atoms with Crippen LogP contribution in [0.3, 0.4) is 0 Å². The Morgan fingerprint density at radius 1 is 1.06 bits per heavy atom. The largest absolute Gasteiger partial charge is 0.507 e. The van der Waals surface area contributed by atoms with Gasteiger partial charge in [-0.1, -0.05) is 38.1 Å². The molecule has 90 valence electrons. The lowest BCUT2D eigenvalue weighted by atomic mass is 10.1. The van der Waals surface area contributed by atoms with Gasteiger partial charge in [0.15, 0.2) is 0 Å². The Morgan fingerprint density at radius 2 is 1.76 bits per heavy atom. The molecule has 0 bridgehead atoms. The van der Waals surface area contributed by atoms with E-state index in [1.807, 2.05) is 24.3 Å².